The lowest BCUT2D eigenvalue weighted by Crippen LogP contribution is -2.22. The molecular formula is C12H13ClN4O. The van der Waals surface area contributed by atoms with Gasteiger partial charge in [0, 0.05) is 18.0 Å². The van der Waals surface area contributed by atoms with Gasteiger partial charge in [-0.2, -0.15) is 0 Å². The summed E-state index contributed by atoms with van der Waals surface area (Å²) in [7, 11) is 0. The average Bonchev–Trinajstić information content (AvgIpc) is 2.43. The Morgan fingerprint density at radius 3 is 2.72 bits per heavy atom. The molecule has 18 heavy (non-hydrogen) atoms. The molecule has 0 spiro atoms. The summed E-state index contributed by atoms with van der Waals surface area (Å²) in [5.41, 5.74) is 1.83. The fourth-order valence-corrected chi connectivity index (χ4v) is 1.18. The van der Waals surface area contributed by atoms with Crippen molar-refractivity contribution < 1.29 is 4.79 Å². The number of alkyl halides is 1. The maximum atomic E-state index is 11.1. The van der Waals surface area contributed by atoms with Gasteiger partial charge in [-0.3, -0.25) is 4.79 Å². The molecule has 0 unspecified atom stereocenters. The second-order valence-electron chi connectivity index (χ2n) is 3.37. The minimum atomic E-state index is -0.329. The fourth-order valence-electron chi connectivity index (χ4n) is 1.11. The molecule has 0 radical (unpaired) electrons. The molecule has 1 N–H and O–H groups in total. The Morgan fingerprint density at radius 2 is 2.17 bits per heavy atom. The Kier molecular flexibility index (Phi) is 5.73. The third kappa shape index (κ3) is 4.47. The molecule has 0 saturated carbocycles. The van der Waals surface area contributed by atoms with Crippen molar-refractivity contribution in [1.82, 2.24) is 15.3 Å². The molecule has 0 aliphatic heterocycles. The second kappa shape index (κ2) is 7.34. The summed E-state index contributed by atoms with van der Waals surface area (Å²) in [6, 6.07) is 0. The molecule has 5 nitrogen and oxygen atoms in total. The zero-order valence-corrected chi connectivity index (χ0v) is 10.7. The minimum Gasteiger partial charge on any atom is -0.310 e. The number of aromatic nitrogens is 2. The van der Waals surface area contributed by atoms with Gasteiger partial charge in [-0.1, -0.05) is 6.08 Å². The molecule has 1 amide bonds. The Balaban J connectivity index is 2.81. The molecular weight excluding hydrogens is 252 g/mol. The standard InChI is InChI=1S/C12H13ClN4O/c1-9(10-6-15-8-16-7-10)3-4-11(14-2)17-12(18)5-13/h3-4,6-8H,2,5H2,1H3,(H,17,18)/b9-3+,11-4+. The number of hydrogen-bond donors (Lipinski definition) is 1. The highest BCUT2D eigenvalue weighted by atomic mass is 35.5. The van der Waals surface area contributed by atoms with Crippen molar-refractivity contribution >= 4 is 29.8 Å². The van der Waals surface area contributed by atoms with E-state index in [2.05, 4.69) is 27.0 Å². The molecule has 0 atom stereocenters. The van der Waals surface area contributed by atoms with E-state index in [9.17, 15) is 4.79 Å². The van der Waals surface area contributed by atoms with Crippen LogP contribution in [0.5, 0.6) is 0 Å². The summed E-state index contributed by atoms with van der Waals surface area (Å²) in [6.45, 7) is 5.27. The lowest BCUT2D eigenvalue weighted by molar-refractivity contribution is -0.118. The van der Waals surface area contributed by atoms with Gasteiger partial charge in [0.25, 0.3) is 0 Å². The number of nitrogens with one attached hydrogen (secondary N) is 1. The molecule has 0 fully saturated rings. The van der Waals surface area contributed by atoms with Crippen LogP contribution in [0.2, 0.25) is 0 Å². The molecule has 0 bridgehead atoms. The first-order valence-electron chi connectivity index (χ1n) is 5.14. The molecule has 6 heteroatoms. The molecule has 1 rings (SSSR count). The van der Waals surface area contributed by atoms with Gasteiger partial charge in [0.05, 0.1) is 0 Å². The normalized spacial score (nSPS) is 12.1. The molecule has 94 valence electrons. The zero-order chi connectivity index (χ0) is 13.4. The van der Waals surface area contributed by atoms with Gasteiger partial charge in [-0.25, -0.2) is 15.0 Å². The molecule has 0 aliphatic carbocycles. The van der Waals surface area contributed by atoms with Crippen LogP contribution >= 0.6 is 11.6 Å². The average molecular weight is 265 g/mol. The van der Waals surface area contributed by atoms with Crippen molar-refractivity contribution in [2.75, 3.05) is 5.88 Å². The van der Waals surface area contributed by atoms with E-state index in [1.165, 1.54) is 6.33 Å². The van der Waals surface area contributed by atoms with Gasteiger partial charge in [0.1, 0.15) is 18.0 Å². The van der Waals surface area contributed by atoms with Crippen LogP contribution in [0.3, 0.4) is 0 Å². The molecule has 0 aliphatic rings. The molecule has 1 aromatic heterocycles. The first kappa shape index (κ1) is 14.1. The number of aliphatic imine (C=N–C) groups is 1. The predicted octanol–water partition coefficient (Wildman–Crippen LogP) is 1.78. The van der Waals surface area contributed by atoms with Crippen LogP contribution < -0.4 is 5.32 Å². The van der Waals surface area contributed by atoms with Crippen molar-refractivity contribution in [3.8, 4) is 0 Å². The van der Waals surface area contributed by atoms with E-state index in [0.717, 1.165) is 11.1 Å². The Morgan fingerprint density at radius 1 is 1.50 bits per heavy atom. The number of hydrogen-bond acceptors (Lipinski definition) is 4. The lowest BCUT2D eigenvalue weighted by atomic mass is 10.1. The van der Waals surface area contributed by atoms with E-state index in [4.69, 9.17) is 11.6 Å². The number of rotatable bonds is 5. The Hall–Kier alpha value is -2.01. The molecule has 1 aromatic rings. The number of carbonyl (C=O) groups is 1. The van der Waals surface area contributed by atoms with Crippen LogP contribution in [0.15, 0.2) is 41.7 Å². The molecule has 1 heterocycles. The summed E-state index contributed by atoms with van der Waals surface area (Å²) >= 11 is 5.38. The third-order valence-electron chi connectivity index (χ3n) is 2.07. The van der Waals surface area contributed by atoms with Crippen LogP contribution in [0.4, 0.5) is 0 Å². The van der Waals surface area contributed by atoms with Gasteiger partial charge in [0.15, 0.2) is 0 Å². The van der Waals surface area contributed by atoms with Crippen molar-refractivity contribution in [1.29, 1.82) is 0 Å². The van der Waals surface area contributed by atoms with Crippen molar-refractivity contribution in [3.05, 3.63) is 42.3 Å². The number of halogens is 1. The lowest BCUT2D eigenvalue weighted by Gasteiger charge is -2.02. The molecule has 0 aromatic carbocycles. The highest BCUT2D eigenvalue weighted by Gasteiger charge is 2.00. The minimum absolute atomic E-state index is 0.123. The van der Waals surface area contributed by atoms with Gasteiger partial charge < -0.3 is 5.32 Å². The monoisotopic (exact) mass is 264 g/mol. The van der Waals surface area contributed by atoms with E-state index in [1.54, 1.807) is 24.5 Å². The van der Waals surface area contributed by atoms with Crippen molar-refractivity contribution in [3.63, 3.8) is 0 Å². The quantitative estimate of drug-likeness (QED) is 0.501. The summed E-state index contributed by atoms with van der Waals surface area (Å²) in [5.74, 6) is -0.108. The largest absolute Gasteiger partial charge is 0.310 e. The molecule has 0 saturated heterocycles. The number of amides is 1. The fraction of sp³-hybridized carbons (Fsp3) is 0.167. The second-order valence-corrected chi connectivity index (χ2v) is 3.64. The van der Waals surface area contributed by atoms with E-state index in [1.807, 2.05) is 6.92 Å². The number of nitrogens with zero attached hydrogens (tertiary/aromatic N) is 3. The van der Waals surface area contributed by atoms with Gasteiger partial charge >= 0.3 is 0 Å². The summed E-state index contributed by atoms with van der Waals surface area (Å²) in [6.07, 6.45) is 8.29. The van der Waals surface area contributed by atoms with E-state index >= 15 is 0 Å². The highest BCUT2D eigenvalue weighted by molar-refractivity contribution is 6.27. The summed E-state index contributed by atoms with van der Waals surface area (Å²) in [5, 5.41) is 2.51. The van der Waals surface area contributed by atoms with Gasteiger partial charge in [-0.05, 0) is 25.3 Å². The summed E-state index contributed by atoms with van der Waals surface area (Å²) < 4.78 is 0. The maximum Gasteiger partial charge on any atom is 0.240 e. The third-order valence-corrected chi connectivity index (χ3v) is 2.31. The number of carbonyl (C=O) groups excluding carboxylic acids is 1. The zero-order valence-electron chi connectivity index (χ0n) is 9.93. The van der Waals surface area contributed by atoms with Crippen LogP contribution in [0.25, 0.3) is 5.57 Å². The van der Waals surface area contributed by atoms with Crippen LogP contribution in [-0.2, 0) is 4.79 Å². The topological polar surface area (TPSA) is 67.2 Å². The highest BCUT2D eigenvalue weighted by Crippen LogP contribution is 2.10. The Bertz CT molecular complexity index is 482. The predicted molar refractivity (Wildman–Crippen MR) is 72.2 cm³/mol. The van der Waals surface area contributed by atoms with E-state index in [0.29, 0.717) is 5.82 Å². The van der Waals surface area contributed by atoms with Gasteiger partial charge in [0.2, 0.25) is 5.91 Å². The van der Waals surface area contributed by atoms with Gasteiger partial charge in [-0.15, -0.1) is 11.6 Å². The maximum absolute atomic E-state index is 11.1. The first-order valence-corrected chi connectivity index (χ1v) is 5.67. The summed E-state index contributed by atoms with van der Waals surface area (Å²) in [4.78, 5) is 22.6. The van der Waals surface area contributed by atoms with E-state index < -0.39 is 0 Å². The van der Waals surface area contributed by atoms with Crippen LogP contribution in [-0.4, -0.2) is 28.5 Å². The Labute approximate surface area is 110 Å². The van der Waals surface area contributed by atoms with Crippen molar-refractivity contribution in [2.24, 2.45) is 4.99 Å². The number of allylic oxidation sites excluding steroid dienone is 3. The van der Waals surface area contributed by atoms with Crippen molar-refractivity contribution in [2.45, 2.75) is 6.92 Å². The SMILES string of the molecule is C=N/C(=C\C=C(/C)c1cncnc1)NC(=O)CCl. The van der Waals surface area contributed by atoms with E-state index in [-0.39, 0.29) is 11.8 Å². The first-order chi connectivity index (χ1) is 8.67. The smallest absolute Gasteiger partial charge is 0.240 e. The van der Waals surface area contributed by atoms with Crippen LogP contribution in [0, 0.1) is 0 Å². The van der Waals surface area contributed by atoms with Crippen LogP contribution in [0.1, 0.15) is 12.5 Å².